The maximum Gasteiger partial charge on any atom is 0.170 e. The number of hydrogen-bond donors (Lipinski definition) is 0. The molecule has 0 aliphatic rings. The molecule has 0 amide bonds. The highest BCUT2D eigenvalue weighted by Gasteiger charge is 2.32. The molecule has 0 bridgehead atoms. The van der Waals surface area contributed by atoms with Gasteiger partial charge in [0.25, 0.3) is 0 Å². The molecule has 2 atom stereocenters. The van der Waals surface area contributed by atoms with E-state index in [0.29, 0.717) is 11.4 Å². The van der Waals surface area contributed by atoms with E-state index < -0.39 is 44.1 Å². The van der Waals surface area contributed by atoms with Gasteiger partial charge in [0.2, 0.25) is 0 Å². The quantitative estimate of drug-likeness (QED) is 0.378. The number of halogens is 2. The van der Waals surface area contributed by atoms with Crippen LogP contribution < -0.4 is 0 Å². The number of hydrogen-bond acceptors (Lipinski definition) is 7. The third-order valence-electron chi connectivity index (χ3n) is 5.83. The highest BCUT2D eigenvalue weighted by Crippen LogP contribution is 2.29. The summed E-state index contributed by atoms with van der Waals surface area (Å²) in [4.78, 5) is 12.6. The fraction of sp³-hybridized carbons (Fsp3) is 0.292. The Labute approximate surface area is 202 Å². The van der Waals surface area contributed by atoms with Crippen molar-refractivity contribution in [2.24, 2.45) is 0 Å². The van der Waals surface area contributed by atoms with Gasteiger partial charge in [-0.2, -0.15) is 0 Å². The van der Waals surface area contributed by atoms with Crippen LogP contribution in [0, 0.1) is 25.5 Å². The number of benzene rings is 1. The summed E-state index contributed by atoms with van der Waals surface area (Å²) in [7, 11) is -3.87. The van der Waals surface area contributed by atoms with Crippen LogP contribution in [0.5, 0.6) is 0 Å². The minimum Gasteiger partial charge on any atom is -0.272 e. The molecule has 0 fully saturated rings. The standard InChI is InChI=1S/C24H24F2N6O2S/c1-14-8-18(12-27-9-14)24-31-30-21(32(24)22-19(25)6-5-7-20(22)26)13-35(33,34)17(4)16(3)23-28-10-15(2)11-29-23/h5-12,16-17H,13H2,1-4H3/t16-,17-/m1/s1. The van der Waals surface area contributed by atoms with Crippen molar-refractivity contribution in [2.75, 3.05) is 0 Å². The van der Waals surface area contributed by atoms with Crippen LogP contribution in [0.2, 0.25) is 0 Å². The van der Waals surface area contributed by atoms with Crippen molar-refractivity contribution < 1.29 is 17.2 Å². The van der Waals surface area contributed by atoms with Crippen LogP contribution in [-0.2, 0) is 15.6 Å². The number of pyridine rings is 1. The number of aryl methyl sites for hydroxylation is 2. The molecule has 0 saturated heterocycles. The molecule has 35 heavy (non-hydrogen) atoms. The molecule has 0 N–H and O–H groups in total. The van der Waals surface area contributed by atoms with Crippen LogP contribution in [0.15, 0.2) is 49.1 Å². The summed E-state index contributed by atoms with van der Waals surface area (Å²) >= 11 is 0. The van der Waals surface area contributed by atoms with Gasteiger partial charge in [0, 0.05) is 36.3 Å². The molecule has 8 nitrogen and oxygen atoms in total. The zero-order valence-electron chi connectivity index (χ0n) is 19.6. The molecular formula is C24H24F2N6O2S. The summed E-state index contributed by atoms with van der Waals surface area (Å²) in [6.45, 7) is 6.92. The fourth-order valence-corrected chi connectivity index (χ4v) is 5.24. The van der Waals surface area contributed by atoms with Gasteiger partial charge in [-0.05, 0) is 50.1 Å². The Morgan fingerprint density at radius 2 is 1.60 bits per heavy atom. The predicted molar refractivity (Wildman–Crippen MR) is 127 cm³/mol. The van der Waals surface area contributed by atoms with Gasteiger partial charge >= 0.3 is 0 Å². The Morgan fingerprint density at radius 3 is 2.23 bits per heavy atom. The highest BCUT2D eigenvalue weighted by atomic mass is 32.2. The number of rotatable bonds is 7. The lowest BCUT2D eigenvalue weighted by atomic mass is 10.1. The van der Waals surface area contributed by atoms with Gasteiger partial charge in [0.1, 0.15) is 28.9 Å². The van der Waals surface area contributed by atoms with Crippen LogP contribution >= 0.6 is 0 Å². The monoisotopic (exact) mass is 498 g/mol. The zero-order valence-corrected chi connectivity index (χ0v) is 20.5. The first kappa shape index (κ1) is 24.5. The van der Waals surface area contributed by atoms with Crippen LogP contribution in [0.3, 0.4) is 0 Å². The molecule has 0 aliphatic heterocycles. The van der Waals surface area contributed by atoms with E-state index in [0.717, 1.165) is 27.8 Å². The molecule has 3 heterocycles. The summed E-state index contributed by atoms with van der Waals surface area (Å²) in [6, 6.07) is 5.14. The SMILES string of the molecule is Cc1cnc([C@H](C)[C@@H](C)S(=O)(=O)Cc2nnc(-c3cncc(C)c3)n2-c2c(F)cccc2F)nc1. The lowest BCUT2D eigenvalue weighted by molar-refractivity contribution is 0.555. The zero-order chi connectivity index (χ0) is 25.3. The Bertz CT molecular complexity index is 1450. The molecule has 0 spiro atoms. The second kappa shape index (κ2) is 9.57. The van der Waals surface area contributed by atoms with Crippen molar-refractivity contribution in [1.82, 2.24) is 29.7 Å². The molecule has 3 aromatic heterocycles. The number of sulfone groups is 1. The fourth-order valence-electron chi connectivity index (χ4n) is 3.68. The summed E-state index contributed by atoms with van der Waals surface area (Å²) < 4.78 is 57.6. The molecule has 0 aliphatic carbocycles. The molecule has 182 valence electrons. The maximum atomic E-state index is 14.8. The van der Waals surface area contributed by atoms with Crippen molar-refractivity contribution in [3.05, 3.63) is 83.5 Å². The largest absolute Gasteiger partial charge is 0.272 e. The van der Waals surface area contributed by atoms with Crippen molar-refractivity contribution in [1.29, 1.82) is 0 Å². The van der Waals surface area contributed by atoms with E-state index in [1.54, 1.807) is 38.5 Å². The van der Waals surface area contributed by atoms with Gasteiger partial charge in [-0.25, -0.2) is 27.2 Å². The normalized spacial score (nSPS) is 13.5. The molecule has 11 heteroatoms. The lowest BCUT2D eigenvalue weighted by Crippen LogP contribution is -2.27. The van der Waals surface area contributed by atoms with Crippen molar-refractivity contribution >= 4 is 9.84 Å². The summed E-state index contributed by atoms with van der Waals surface area (Å²) in [5, 5.41) is 7.23. The second-order valence-corrected chi connectivity index (χ2v) is 10.9. The minimum absolute atomic E-state index is 0.0815. The average molecular weight is 499 g/mol. The summed E-state index contributed by atoms with van der Waals surface area (Å²) in [5.41, 5.74) is 1.63. The summed E-state index contributed by atoms with van der Waals surface area (Å²) in [5.74, 6) is -2.51. The Kier molecular flexibility index (Phi) is 6.70. The first-order valence-corrected chi connectivity index (χ1v) is 12.6. The summed E-state index contributed by atoms with van der Waals surface area (Å²) in [6.07, 6.45) is 6.34. The molecule has 0 radical (unpaired) electrons. The smallest absolute Gasteiger partial charge is 0.170 e. The van der Waals surface area contributed by atoms with Gasteiger partial charge in [-0.15, -0.1) is 10.2 Å². The van der Waals surface area contributed by atoms with E-state index in [1.807, 2.05) is 13.8 Å². The van der Waals surface area contributed by atoms with E-state index in [2.05, 4.69) is 25.1 Å². The Morgan fingerprint density at radius 1 is 0.943 bits per heavy atom. The van der Waals surface area contributed by atoms with Gasteiger partial charge in [0.05, 0.1) is 5.25 Å². The van der Waals surface area contributed by atoms with Crippen LogP contribution in [0.1, 0.15) is 42.5 Å². The third-order valence-corrected chi connectivity index (χ3v) is 8.04. The van der Waals surface area contributed by atoms with E-state index >= 15 is 0 Å². The van der Waals surface area contributed by atoms with Gasteiger partial charge in [-0.1, -0.05) is 13.0 Å². The van der Waals surface area contributed by atoms with Crippen molar-refractivity contribution in [3.63, 3.8) is 0 Å². The topological polar surface area (TPSA) is 104 Å². The van der Waals surface area contributed by atoms with Crippen molar-refractivity contribution in [3.8, 4) is 17.1 Å². The Balaban J connectivity index is 1.79. The minimum atomic E-state index is -3.87. The number of nitrogens with zero attached hydrogens (tertiary/aromatic N) is 6. The average Bonchev–Trinajstić information content (AvgIpc) is 3.21. The van der Waals surface area contributed by atoms with Crippen LogP contribution in [-0.4, -0.2) is 43.4 Å². The highest BCUT2D eigenvalue weighted by molar-refractivity contribution is 7.91. The predicted octanol–water partition coefficient (Wildman–Crippen LogP) is 4.12. The lowest BCUT2D eigenvalue weighted by Gasteiger charge is -2.19. The number of para-hydroxylation sites is 1. The Hall–Kier alpha value is -3.60. The van der Waals surface area contributed by atoms with E-state index in [9.17, 15) is 17.2 Å². The number of aromatic nitrogens is 6. The van der Waals surface area contributed by atoms with Gasteiger partial charge in [0.15, 0.2) is 21.5 Å². The maximum absolute atomic E-state index is 14.8. The second-order valence-electron chi connectivity index (χ2n) is 8.52. The molecule has 0 saturated carbocycles. The van der Waals surface area contributed by atoms with Crippen LogP contribution in [0.4, 0.5) is 8.78 Å². The van der Waals surface area contributed by atoms with E-state index in [1.165, 1.54) is 12.3 Å². The molecule has 4 aromatic rings. The van der Waals surface area contributed by atoms with Crippen molar-refractivity contribution in [2.45, 2.75) is 44.6 Å². The molecule has 0 unspecified atom stereocenters. The first-order chi connectivity index (χ1) is 16.6. The molecular weight excluding hydrogens is 474 g/mol. The van der Waals surface area contributed by atoms with Gasteiger partial charge in [-0.3, -0.25) is 9.55 Å². The van der Waals surface area contributed by atoms with E-state index in [-0.39, 0.29) is 11.6 Å². The third kappa shape index (κ3) is 4.95. The first-order valence-electron chi connectivity index (χ1n) is 10.9. The van der Waals surface area contributed by atoms with Gasteiger partial charge < -0.3 is 0 Å². The van der Waals surface area contributed by atoms with Crippen LogP contribution in [0.25, 0.3) is 17.1 Å². The molecule has 4 rings (SSSR count). The molecule has 1 aromatic carbocycles. The van der Waals surface area contributed by atoms with E-state index in [4.69, 9.17) is 0 Å².